The number of hydrogen-bond acceptors (Lipinski definition) is 6. The molecular weight excluding hydrogens is 316 g/mol. The fourth-order valence-electron chi connectivity index (χ4n) is 2.01. The largest absolute Gasteiger partial charge is 0.395 e. The third kappa shape index (κ3) is 2.61. The third-order valence-corrected chi connectivity index (χ3v) is 6.68. The summed E-state index contributed by atoms with van der Waals surface area (Å²) < 4.78 is 25.5. The monoisotopic (exact) mass is 326 g/mol. The molecule has 1 aliphatic heterocycles. The maximum absolute atomic E-state index is 12.3. The van der Waals surface area contributed by atoms with Crippen LogP contribution in [0.5, 0.6) is 0 Å². The van der Waals surface area contributed by atoms with E-state index in [0.717, 1.165) is 6.07 Å². The van der Waals surface area contributed by atoms with E-state index < -0.39 is 26.7 Å². The first-order valence-corrected chi connectivity index (χ1v) is 8.08. The maximum Gasteiger partial charge on any atom is 0.300 e. The molecule has 1 aromatic rings. The molecule has 1 aromatic heterocycles. The summed E-state index contributed by atoms with van der Waals surface area (Å²) in [5.74, 6) is 0. The molecule has 10 heteroatoms. The molecular formula is C9H11ClN2O5S2. The van der Waals surface area contributed by atoms with Crippen LogP contribution in [-0.4, -0.2) is 41.9 Å². The van der Waals surface area contributed by atoms with Crippen molar-refractivity contribution < 1.29 is 18.4 Å². The Hall–Kier alpha value is -0.740. The summed E-state index contributed by atoms with van der Waals surface area (Å²) in [5.41, 5.74) is -0.412. The van der Waals surface area contributed by atoms with Crippen molar-refractivity contribution in [3.05, 3.63) is 20.5 Å². The lowest BCUT2D eigenvalue weighted by Gasteiger charge is -2.21. The van der Waals surface area contributed by atoms with Gasteiger partial charge in [0.15, 0.2) is 4.34 Å². The number of halogens is 1. The quantitative estimate of drug-likeness (QED) is 0.666. The average molecular weight is 327 g/mol. The molecule has 0 aliphatic carbocycles. The van der Waals surface area contributed by atoms with Crippen LogP contribution in [0.2, 0.25) is 4.34 Å². The van der Waals surface area contributed by atoms with E-state index in [0.29, 0.717) is 30.7 Å². The van der Waals surface area contributed by atoms with Gasteiger partial charge in [0.1, 0.15) is 4.21 Å². The highest BCUT2D eigenvalue weighted by molar-refractivity contribution is 7.91. The van der Waals surface area contributed by atoms with Crippen LogP contribution in [0.1, 0.15) is 12.8 Å². The standard InChI is InChI=1S/C9H11ClN2O5S2/c10-9-7(12(14)15)4-8(18-9)19(16,17)11-3-1-2-6(11)5-13/h4,6,13H,1-3,5H2/t6-/m0/s1. The molecule has 0 radical (unpaired) electrons. The topological polar surface area (TPSA) is 101 Å². The number of nitrogens with zero attached hydrogens (tertiary/aromatic N) is 2. The predicted octanol–water partition coefficient (Wildman–Crippen LogP) is 1.46. The number of thiophene rings is 1. The van der Waals surface area contributed by atoms with E-state index in [9.17, 15) is 18.5 Å². The van der Waals surface area contributed by atoms with Crippen molar-refractivity contribution in [3.63, 3.8) is 0 Å². The minimum atomic E-state index is -3.83. The Kier molecular flexibility index (Phi) is 4.11. The molecule has 0 spiro atoms. The molecule has 19 heavy (non-hydrogen) atoms. The summed E-state index contributed by atoms with van der Waals surface area (Å²) in [5, 5.41) is 19.8. The molecule has 0 saturated carbocycles. The molecule has 1 fully saturated rings. The van der Waals surface area contributed by atoms with E-state index in [-0.39, 0.29) is 15.2 Å². The first kappa shape index (κ1) is 14.7. The van der Waals surface area contributed by atoms with Gasteiger partial charge in [0.25, 0.3) is 15.7 Å². The molecule has 0 amide bonds. The highest BCUT2D eigenvalue weighted by Gasteiger charge is 2.37. The fourth-order valence-corrected chi connectivity index (χ4v) is 5.49. The third-order valence-electron chi connectivity index (χ3n) is 2.94. The maximum atomic E-state index is 12.3. The van der Waals surface area contributed by atoms with Crippen molar-refractivity contribution >= 4 is 38.6 Å². The Bertz CT molecular complexity index is 600. The van der Waals surface area contributed by atoms with E-state index in [1.807, 2.05) is 0 Å². The lowest BCUT2D eigenvalue weighted by atomic mass is 10.2. The molecule has 106 valence electrons. The van der Waals surface area contributed by atoms with Crippen molar-refractivity contribution in [1.29, 1.82) is 0 Å². The van der Waals surface area contributed by atoms with Crippen molar-refractivity contribution in [3.8, 4) is 0 Å². The first-order chi connectivity index (χ1) is 8.87. The SMILES string of the molecule is O=[N+]([O-])c1cc(S(=O)(=O)N2CCC[C@H]2CO)sc1Cl. The smallest absolute Gasteiger partial charge is 0.300 e. The predicted molar refractivity (Wildman–Crippen MR) is 70.0 cm³/mol. The number of aliphatic hydroxyl groups excluding tert-OH is 1. The van der Waals surface area contributed by atoms with Crippen LogP contribution >= 0.6 is 22.9 Å². The zero-order chi connectivity index (χ0) is 14.2. The molecule has 1 aliphatic rings. The normalized spacial score (nSPS) is 20.8. The molecule has 2 heterocycles. The van der Waals surface area contributed by atoms with Gasteiger partial charge in [0, 0.05) is 18.7 Å². The van der Waals surface area contributed by atoms with Gasteiger partial charge in [-0.05, 0) is 12.8 Å². The van der Waals surface area contributed by atoms with E-state index in [2.05, 4.69) is 0 Å². The zero-order valence-corrected chi connectivity index (χ0v) is 12.0. The zero-order valence-electron chi connectivity index (χ0n) is 9.65. The van der Waals surface area contributed by atoms with Crippen LogP contribution in [0.3, 0.4) is 0 Å². The van der Waals surface area contributed by atoms with E-state index in [4.69, 9.17) is 16.7 Å². The molecule has 1 N–H and O–H groups in total. The number of rotatable bonds is 4. The van der Waals surface area contributed by atoms with Gasteiger partial charge in [-0.2, -0.15) is 4.31 Å². The van der Waals surface area contributed by atoms with Crippen LogP contribution in [-0.2, 0) is 10.0 Å². The lowest BCUT2D eigenvalue weighted by molar-refractivity contribution is -0.384. The molecule has 0 bridgehead atoms. The Labute approximate surface area is 118 Å². The summed E-state index contributed by atoms with van der Waals surface area (Å²) in [6.45, 7) is 0.0390. The highest BCUT2D eigenvalue weighted by Crippen LogP contribution is 2.38. The Morgan fingerprint density at radius 1 is 1.63 bits per heavy atom. The van der Waals surface area contributed by atoms with Crippen LogP contribution in [0.15, 0.2) is 10.3 Å². The van der Waals surface area contributed by atoms with Gasteiger partial charge in [0.05, 0.1) is 11.5 Å². The number of nitro groups is 1. The minimum absolute atomic E-state index is 0.162. The van der Waals surface area contributed by atoms with Crippen LogP contribution in [0.25, 0.3) is 0 Å². The van der Waals surface area contributed by atoms with Gasteiger partial charge < -0.3 is 5.11 Å². The fraction of sp³-hybridized carbons (Fsp3) is 0.556. The van der Waals surface area contributed by atoms with E-state index >= 15 is 0 Å². The molecule has 0 unspecified atom stereocenters. The molecule has 1 atom stereocenters. The summed E-state index contributed by atoms with van der Waals surface area (Å²) >= 11 is 6.33. The Morgan fingerprint density at radius 3 is 2.84 bits per heavy atom. The Morgan fingerprint density at radius 2 is 2.32 bits per heavy atom. The van der Waals surface area contributed by atoms with Crippen molar-refractivity contribution in [2.75, 3.05) is 13.2 Å². The second-order valence-electron chi connectivity index (χ2n) is 4.08. The first-order valence-electron chi connectivity index (χ1n) is 5.44. The number of sulfonamides is 1. The van der Waals surface area contributed by atoms with Gasteiger partial charge in [0.2, 0.25) is 0 Å². The van der Waals surface area contributed by atoms with E-state index in [1.54, 1.807) is 0 Å². The summed E-state index contributed by atoms with van der Waals surface area (Å²) in [7, 11) is -3.83. The summed E-state index contributed by atoms with van der Waals surface area (Å²) in [4.78, 5) is 9.97. The average Bonchev–Trinajstić information content (AvgIpc) is 2.94. The van der Waals surface area contributed by atoms with Gasteiger partial charge in [-0.25, -0.2) is 8.42 Å². The summed E-state index contributed by atoms with van der Waals surface area (Å²) in [6.07, 6.45) is 1.24. The van der Waals surface area contributed by atoms with Gasteiger partial charge in [-0.15, -0.1) is 11.3 Å². The number of hydrogen-bond donors (Lipinski definition) is 1. The van der Waals surface area contributed by atoms with Crippen molar-refractivity contribution in [2.45, 2.75) is 23.1 Å². The van der Waals surface area contributed by atoms with Crippen molar-refractivity contribution in [2.24, 2.45) is 0 Å². The molecule has 0 aromatic carbocycles. The Balaban J connectivity index is 2.40. The highest BCUT2D eigenvalue weighted by atomic mass is 35.5. The minimum Gasteiger partial charge on any atom is -0.395 e. The summed E-state index contributed by atoms with van der Waals surface area (Å²) in [6, 6.07) is 0.500. The van der Waals surface area contributed by atoms with Crippen LogP contribution in [0.4, 0.5) is 5.69 Å². The molecule has 7 nitrogen and oxygen atoms in total. The lowest BCUT2D eigenvalue weighted by Crippen LogP contribution is -2.37. The molecule has 2 rings (SSSR count). The van der Waals surface area contributed by atoms with Gasteiger partial charge in [-0.3, -0.25) is 10.1 Å². The van der Waals surface area contributed by atoms with Crippen LogP contribution in [0, 0.1) is 10.1 Å². The molecule has 1 saturated heterocycles. The second kappa shape index (κ2) is 5.33. The second-order valence-corrected chi connectivity index (χ2v) is 7.85. The van der Waals surface area contributed by atoms with Gasteiger partial charge in [-0.1, -0.05) is 11.6 Å². The number of aliphatic hydroxyl groups is 1. The van der Waals surface area contributed by atoms with Gasteiger partial charge >= 0.3 is 0 Å². The van der Waals surface area contributed by atoms with E-state index in [1.165, 1.54) is 4.31 Å². The van der Waals surface area contributed by atoms with Crippen LogP contribution < -0.4 is 0 Å². The van der Waals surface area contributed by atoms with Crippen molar-refractivity contribution in [1.82, 2.24) is 4.31 Å².